The number of ether oxygens (including phenoxy) is 5. The third-order valence-electron chi connectivity index (χ3n) is 3.84. The van der Waals surface area contributed by atoms with Gasteiger partial charge < -0.3 is 23.7 Å². The van der Waals surface area contributed by atoms with E-state index >= 15 is 0 Å². The molecule has 1 aliphatic heterocycles. The predicted octanol–water partition coefficient (Wildman–Crippen LogP) is 3.34. The predicted molar refractivity (Wildman–Crippen MR) is 99.1 cm³/mol. The van der Waals surface area contributed by atoms with Crippen molar-refractivity contribution < 1.29 is 28.5 Å². The lowest BCUT2D eigenvalue weighted by molar-refractivity contribution is -0.149. The van der Waals surface area contributed by atoms with Crippen LogP contribution in [0.15, 0.2) is 12.2 Å². The number of carbonyl (C=O) groups is 1. The summed E-state index contributed by atoms with van der Waals surface area (Å²) >= 11 is 0. The molecule has 0 radical (unpaired) electrons. The highest BCUT2D eigenvalue weighted by Crippen LogP contribution is 2.31. The van der Waals surface area contributed by atoms with Crippen LogP contribution in [0.3, 0.4) is 0 Å². The Morgan fingerprint density at radius 3 is 2.56 bits per heavy atom. The van der Waals surface area contributed by atoms with E-state index in [0.29, 0.717) is 6.42 Å². The van der Waals surface area contributed by atoms with Gasteiger partial charge in [-0.05, 0) is 32.9 Å². The van der Waals surface area contributed by atoms with Crippen LogP contribution in [0, 0.1) is 0 Å². The first kappa shape index (κ1) is 22.3. The van der Waals surface area contributed by atoms with Gasteiger partial charge in [0.2, 0.25) is 0 Å². The van der Waals surface area contributed by atoms with Gasteiger partial charge in [-0.15, -0.1) is 0 Å². The molecule has 146 valence electrons. The van der Waals surface area contributed by atoms with E-state index < -0.39 is 19.8 Å². The average Bonchev–Trinajstić information content (AvgIpc) is 2.77. The molecule has 1 saturated heterocycles. The smallest absolute Gasteiger partial charge is 0.330 e. The molecular weight excluding hydrogens is 340 g/mol. The number of rotatable bonds is 10. The fourth-order valence-electron chi connectivity index (χ4n) is 2.45. The van der Waals surface area contributed by atoms with Crippen molar-refractivity contribution in [1.82, 2.24) is 0 Å². The molecule has 6 nitrogen and oxygen atoms in total. The van der Waals surface area contributed by atoms with Crippen LogP contribution in [0.1, 0.15) is 27.2 Å². The second kappa shape index (κ2) is 9.82. The van der Waals surface area contributed by atoms with Gasteiger partial charge in [0.05, 0.1) is 19.3 Å². The van der Waals surface area contributed by atoms with Crippen LogP contribution in [0.5, 0.6) is 0 Å². The summed E-state index contributed by atoms with van der Waals surface area (Å²) in [5.41, 5.74) is 0. The fraction of sp³-hybridized carbons (Fsp3) is 0.833. The number of methoxy groups -OCH3 is 1. The Morgan fingerprint density at radius 2 is 1.96 bits per heavy atom. The molecule has 1 heterocycles. The number of hydrogen-bond donors (Lipinski definition) is 0. The topological polar surface area (TPSA) is 63.2 Å². The van der Waals surface area contributed by atoms with Crippen molar-refractivity contribution in [3.8, 4) is 0 Å². The van der Waals surface area contributed by atoms with Gasteiger partial charge in [-0.1, -0.05) is 19.6 Å². The SMILES string of the molecule is COC(=O)/C=C/C1OC(C)(C)OC1CC(C)OCOCC[Si](C)(C)C. The van der Waals surface area contributed by atoms with Gasteiger partial charge >= 0.3 is 5.97 Å². The Balaban J connectivity index is 2.40. The summed E-state index contributed by atoms with van der Waals surface area (Å²) < 4.78 is 27.7. The molecule has 3 unspecified atom stereocenters. The normalized spacial score (nSPS) is 24.6. The van der Waals surface area contributed by atoms with Gasteiger partial charge in [0.15, 0.2) is 5.79 Å². The molecule has 0 saturated carbocycles. The lowest BCUT2D eigenvalue weighted by Gasteiger charge is -2.20. The highest BCUT2D eigenvalue weighted by molar-refractivity contribution is 6.76. The van der Waals surface area contributed by atoms with Crippen LogP contribution in [0.4, 0.5) is 0 Å². The molecule has 0 aromatic carbocycles. The van der Waals surface area contributed by atoms with Crippen molar-refractivity contribution in [2.45, 2.75) is 77.0 Å². The summed E-state index contributed by atoms with van der Waals surface area (Å²) in [6.45, 7) is 13.7. The number of esters is 1. The van der Waals surface area contributed by atoms with Crippen LogP contribution in [-0.2, 0) is 28.5 Å². The molecule has 0 bridgehead atoms. The molecule has 7 heteroatoms. The Hall–Kier alpha value is -0.733. The second-order valence-corrected chi connectivity index (χ2v) is 13.7. The summed E-state index contributed by atoms with van der Waals surface area (Å²) in [6.07, 6.45) is 3.16. The molecule has 0 N–H and O–H groups in total. The first-order valence-electron chi connectivity index (χ1n) is 8.83. The summed E-state index contributed by atoms with van der Waals surface area (Å²) in [7, 11) is 0.272. The molecule has 0 spiro atoms. The zero-order valence-corrected chi connectivity index (χ0v) is 17.7. The standard InChI is InChI=1S/C18H34O6Si/c1-14(22-13-21-10-11-25(5,6)7)12-16-15(8-9-17(19)20-4)23-18(2,3)24-16/h8-9,14-16H,10-13H2,1-7H3/b9-8+. The van der Waals surface area contributed by atoms with Crippen molar-refractivity contribution in [3.63, 3.8) is 0 Å². The summed E-state index contributed by atoms with van der Waals surface area (Å²) in [5, 5.41) is 0. The molecule has 0 aromatic heterocycles. The van der Waals surface area contributed by atoms with Gasteiger partial charge in [0.1, 0.15) is 12.9 Å². The Kier molecular flexibility index (Phi) is 8.77. The van der Waals surface area contributed by atoms with Crippen molar-refractivity contribution in [2.24, 2.45) is 0 Å². The maximum absolute atomic E-state index is 11.3. The third-order valence-corrected chi connectivity index (χ3v) is 5.55. The molecule has 1 rings (SSSR count). The quantitative estimate of drug-likeness (QED) is 0.192. The van der Waals surface area contributed by atoms with Crippen molar-refractivity contribution >= 4 is 14.0 Å². The van der Waals surface area contributed by atoms with Crippen LogP contribution >= 0.6 is 0 Å². The molecule has 0 aromatic rings. The molecular formula is C18H34O6Si. The van der Waals surface area contributed by atoms with Crippen LogP contribution in [-0.4, -0.2) is 58.7 Å². The van der Waals surface area contributed by atoms with E-state index in [9.17, 15) is 4.79 Å². The zero-order valence-electron chi connectivity index (χ0n) is 16.7. The Bertz CT molecular complexity index is 443. The Labute approximate surface area is 152 Å². The van der Waals surface area contributed by atoms with E-state index in [4.69, 9.17) is 18.9 Å². The summed E-state index contributed by atoms with van der Waals surface area (Å²) in [4.78, 5) is 11.3. The molecule has 1 fully saturated rings. The minimum atomic E-state index is -1.07. The van der Waals surface area contributed by atoms with Crippen LogP contribution in [0.2, 0.25) is 25.7 Å². The van der Waals surface area contributed by atoms with Crippen LogP contribution < -0.4 is 0 Å². The zero-order chi connectivity index (χ0) is 19.1. The maximum Gasteiger partial charge on any atom is 0.330 e. The molecule has 0 amide bonds. The molecule has 25 heavy (non-hydrogen) atoms. The molecule has 3 atom stereocenters. The largest absolute Gasteiger partial charge is 0.466 e. The van der Waals surface area contributed by atoms with Gasteiger partial charge in [-0.3, -0.25) is 0 Å². The van der Waals surface area contributed by atoms with Gasteiger partial charge in [-0.2, -0.15) is 0 Å². The van der Waals surface area contributed by atoms with E-state index in [1.165, 1.54) is 13.2 Å². The van der Waals surface area contributed by atoms with E-state index in [0.717, 1.165) is 12.7 Å². The Morgan fingerprint density at radius 1 is 1.28 bits per heavy atom. The van der Waals surface area contributed by atoms with Gasteiger partial charge in [0.25, 0.3) is 0 Å². The van der Waals surface area contributed by atoms with Gasteiger partial charge in [0, 0.05) is 27.2 Å². The highest BCUT2D eigenvalue weighted by Gasteiger charge is 2.40. The number of carbonyl (C=O) groups excluding carboxylic acids is 1. The maximum atomic E-state index is 11.3. The molecule has 1 aliphatic rings. The highest BCUT2D eigenvalue weighted by atomic mass is 28.3. The first-order chi connectivity index (χ1) is 11.5. The minimum absolute atomic E-state index is 0.0385. The third kappa shape index (κ3) is 9.51. The van der Waals surface area contributed by atoms with E-state index in [1.807, 2.05) is 20.8 Å². The summed E-state index contributed by atoms with van der Waals surface area (Å²) in [6, 6.07) is 1.12. The average molecular weight is 375 g/mol. The lowest BCUT2D eigenvalue weighted by atomic mass is 10.1. The number of hydrogen-bond acceptors (Lipinski definition) is 6. The first-order valence-corrected chi connectivity index (χ1v) is 12.5. The fourth-order valence-corrected chi connectivity index (χ4v) is 3.20. The van der Waals surface area contributed by atoms with E-state index in [2.05, 4.69) is 24.4 Å². The monoisotopic (exact) mass is 374 g/mol. The van der Waals surface area contributed by atoms with Crippen molar-refractivity contribution in [3.05, 3.63) is 12.2 Å². The van der Waals surface area contributed by atoms with Crippen LogP contribution in [0.25, 0.3) is 0 Å². The van der Waals surface area contributed by atoms with Crippen molar-refractivity contribution in [2.75, 3.05) is 20.5 Å². The summed E-state index contributed by atoms with van der Waals surface area (Å²) in [5.74, 6) is -1.10. The lowest BCUT2D eigenvalue weighted by Crippen LogP contribution is -2.27. The second-order valence-electron chi connectivity index (χ2n) is 8.07. The van der Waals surface area contributed by atoms with Crippen molar-refractivity contribution in [1.29, 1.82) is 0 Å². The van der Waals surface area contributed by atoms with Gasteiger partial charge in [-0.25, -0.2) is 4.79 Å². The molecule has 0 aliphatic carbocycles. The van der Waals surface area contributed by atoms with E-state index in [1.54, 1.807) is 6.08 Å². The minimum Gasteiger partial charge on any atom is -0.466 e. The van der Waals surface area contributed by atoms with E-state index in [-0.39, 0.29) is 25.1 Å².